The monoisotopic (exact) mass is 309 g/mol. The van der Waals surface area contributed by atoms with Crippen LogP contribution in [0.3, 0.4) is 0 Å². The Hall–Kier alpha value is -2.06. The number of aryl methyl sites for hydroxylation is 1. The van der Waals surface area contributed by atoms with Crippen molar-refractivity contribution in [2.75, 3.05) is 25.1 Å². The topological polar surface area (TPSA) is 93.2 Å². The van der Waals surface area contributed by atoms with Crippen molar-refractivity contribution in [1.29, 1.82) is 0 Å². The molecule has 1 aromatic carbocycles. The molecule has 1 aromatic heterocycles. The Morgan fingerprint density at radius 2 is 1.90 bits per heavy atom. The zero-order chi connectivity index (χ0) is 15.6. The van der Waals surface area contributed by atoms with Gasteiger partial charge < -0.3 is 11.1 Å². The van der Waals surface area contributed by atoms with Gasteiger partial charge in [0.2, 0.25) is 10.0 Å². The molecule has 2 rings (SSSR count). The molecule has 8 heteroatoms. The minimum Gasteiger partial charge on any atom is -0.384 e. The number of nitrogens with two attached hydrogens (primary N) is 1. The number of hydrogen-bond acceptors (Lipinski definition) is 5. The molecule has 1 heterocycles. The number of nitrogens with zero attached hydrogens (tertiary/aromatic N) is 3. The van der Waals surface area contributed by atoms with Crippen molar-refractivity contribution >= 4 is 21.5 Å². The van der Waals surface area contributed by atoms with Crippen LogP contribution in [0, 0.1) is 0 Å². The Bertz CT molecular complexity index is 720. The predicted octanol–water partition coefficient (Wildman–Crippen LogP) is 0.865. The van der Waals surface area contributed by atoms with E-state index in [4.69, 9.17) is 5.73 Å². The van der Waals surface area contributed by atoms with Crippen LogP contribution < -0.4 is 11.1 Å². The second-order valence-electron chi connectivity index (χ2n) is 4.84. The molecule has 0 fully saturated rings. The second-order valence-corrected chi connectivity index (χ2v) is 7.00. The number of anilines is 2. The van der Waals surface area contributed by atoms with Gasteiger partial charge in [-0.15, -0.1) is 0 Å². The van der Waals surface area contributed by atoms with Crippen molar-refractivity contribution in [3.05, 3.63) is 36.0 Å². The molecular weight excluding hydrogens is 290 g/mol. The van der Waals surface area contributed by atoms with Crippen LogP contribution in [0.4, 0.5) is 11.5 Å². The highest BCUT2D eigenvalue weighted by Crippen LogP contribution is 2.18. The van der Waals surface area contributed by atoms with E-state index in [1.54, 1.807) is 42.2 Å². The maximum Gasteiger partial charge on any atom is 0.242 e. The van der Waals surface area contributed by atoms with Gasteiger partial charge in [-0.2, -0.15) is 5.10 Å². The molecule has 3 N–H and O–H groups in total. The number of hydrogen-bond donors (Lipinski definition) is 2. The number of rotatable bonds is 5. The number of benzene rings is 1. The number of sulfonamides is 1. The first-order valence-corrected chi connectivity index (χ1v) is 7.79. The van der Waals surface area contributed by atoms with Crippen LogP contribution in [0.5, 0.6) is 0 Å². The van der Waals surface area contributed by atoms with Crippen LogP contribution in [-0.4, -0.2) is 36.6 Å². The number of nitrogen functional groups attached to an aromatic ring is 1. The van der Waals surface area contributed by atoms with Crippen LogP contribution in [-0.2, 0) is 23.6 Å². The molecule has 0 saturated heterocycles. The fourth-order valence-corrected chi connectivity index (χ4v) is 2.68. The van der Waals surface area contributed by atoms with E-state index >= 15 is 0 Å². The van der Waals surface area contributed by atoms with Gasteiger partial charge in [0.1, 0.15) is 5.82 Å². The second kappa shape index (κ2) is 5.74. The van der Waals surface area contributed by atoms with Gasteiger partial charge >= 0.3 is 0 Å². The minimum absolute atomic E-state index is 0.263. The molecule has 2 aromatic rings. The molecule has 0 saturated carbocycles. The lowest BCUT2D eigenvalue weighted by Gasteiger charge is -2.12. The summed E-state index contributed by atoms with van der Waals surface area (Å²) >= 11 is 0. The van der Waals surface area contributed by atoms with Gasteiger partial charge in [0, 0.05) is 38.9 Å². The van der Waals surface area contributed by atoms with Crippen LogP contribution in [0.15, 0.2) is 35.4 Å². The molecule has 21 heavy (non-hydrogen) atoms. The van der Waals surface area contributed by atoms with Crippen molar-refractivity contribution in [3.8, 4) is 0 Å². The van der Waals surface area contributed by atoms with Crippen molar-refractivity contribution in [3.63, 3.8) is 0 Å². The average molecular weight is 309 g/mol. The zero-order valence-corrected chi connectivity index (χ0v) is 13.1. The lowest BCUT2D eigenvalue weighted by molar-refractivity contribution is 0.521. The molecule has 0 spiro atoms. The van der Waals surface area contributed by atoms with Gasteiger partial charge in [0.15, 0.2) is 0 Å². The highest BCUT2D eigenvalue weighted by molar-refractivity contribution is 7.89. The Morgan fingerprint density at radius 1 is 1.29 bits per heavy atom. The molecular formula is C13H19N5O2S. The summed E-state index contributed by atoms with van der Waals surface area (Å²) in [6.07, 6.45) is 1.70. The molecule has 0 atom stereocenters. The van der Waals surface area contributed by atoms with E-state index in [0.717, 1.165) is 11.3 Å². The van der Waals surface area contributed by atoms with E-state index in [9.17, 15) is 8.42 Å². The van der Waals surface area contributed by atoms with Gasteiger partial charge in [-0.3, -0.25) is 4.68 Å². The molecule has 0 bridgehead atoms. The van der Waals surface area contributed by atoms with Crippen LogP contribution in [0.1, 0.15) is 5.56 Å². The first-order valence-electron chi connectivity index (χ1n) is 6.35. The van der Waals surface area contributed by atoms with Crippen molar-refractivity contribution in [1.82, 2.24) is 14.1 Å². The molecule has 0 amide bonds. The summed E-state index contributed by atoms with van der Waals surface area (Å²) in [7, 11) is 1.40. The molecule has 0 radical (unpaired) electrons. The maximum absolute atomic E-state index is 11.9. The van der Waals surface area contributed by atoms with Crippen LogP contribution in [0.25, 0.3) is 0 Å². The van der Waals surface area contributed by atoms with Crippen molar-refractivity contribution < 1.29 is 8.42 Å². The summed E-state index contributed by atoms with van der Waals surface area (Å²) in [6.45, 7) is 0.527. The summed E-state index contributed by atoms with van der Waals surface area (Å²) in [5.41, 5.74) is 7.56. The summed E-state index contributed by atoms with van der Waals surface area (Å²) in [4.78, 5) is 0.263. The van der Waals surface area contributed by atoms with Gasteiger partial charge in [0.25, 0.3) is 0 Å². The average Bonchev–Trinajstić information content (AvgIpc) is 2.77. The molecule has 114 valence electrons. The summed E-state index contributed by atoms with van der Waals surface area (Å²) < 4.78 is 26.7. The van der Waals surface area contributed by atoms with E-state index in [1.165, 1.54) is 18.4 Å². The normalized spacial score (nSPS) is 11.8. The van der Waals surface area contributed by atoms with Crippen molar-refractivity contribution in [2.24, 2.45) is 7.05 Å². The summed E-state index contributed by atoms with van der Waals surface area (Å²) in [5.74, 6) is 0.606. The fourth-order valence-electron chi connectivity index (χ4n) is 1.78. The lowest BCUT2D eigenvalue weighted by atomic mass is 10.3. The standard InChI is InChI=1S/C13H19N5O2S/c1-17(2)21(19,20)12-6-4-11(5-7-12)15-8-10-9-16-18(3)13(10)14/h4-7,9,15H,8,14H2,1-3H3. The summed E-state index contributed by atoms with van der Waals surface area (Å²) in [6, 6.07) is 6.60. The molecule has 7 nitrogen and oxygen atoms in total. The Balaban J connectivity index is 2.08. The minimum atomic E-state index is -3.39. The maximum atomic E-state index is 11.9. The first-order chi connectivity index (χ1) is 9.82. The molecule has 0 aliphatic heterocycles. The third kappa shape index (κ3) is 3.17. The van der Waals surface area contributed by atoms with Gasteiger partial charge in [-0.05, 0) is 24.3 Å². The Morgan fingerprint density at radius 3 is 2.38 bits per heavy atom. The predicted molar refractivity (Wildman–Crippen MR) is 82.3 cm³/mol. The lowest BCUT2D eigenvalue weighted by Crippen LogP contribution is -2.22. The van der Waals surface area contributed by atoms with Crippen molar-refractivity contribution in [2.45, 2.75) is 11.4 Å². The molecule has 0 aliphatic carbocycles. The third-order valence-electron chi connectivity index (χ3n) is 3.18. The Labute approximate surface area is 124 Å². The highest BCUT2D eigenvalue weighted by Gasteiger charge is 2.16. The largest absolute Gasteiger partial charge is 0.384 e. The van der Waals surface area contributed by atoms with Crippen LogP contribution in [0.2, 0.25) is 0 Å². The SMILES string of the molecule is CN(C)S(=O)(=O)c1ccc(NCc2cnn(C)c2N)cc1. The quantitative estimate of drug-likeness (QED) is 0.854. The smallest absolute Gasteiger partial charge is 0.242 e. The van der Waals surface area contributed by atoms with Crippen LogP contribution >= 0.6 is 0 Å². The highest BCUT2D eigenvalue weighted by atomic mass is 32.2. The Kier molecular flexibility index (Phi) is 4.19. The zero-order valence-electron chi connectivity index (χ0n) is 12.2. The third-order valence-corrected chi connectivity index (χ3v) is 5.01. The number of aromatic nitrogens is 2. The molecule has 0 unspecified atom stereocenters. The molecule has 0 aliphatic rings. The van der Waals surface area contributed by atoms with E-state index in [1.807, 2.05) is 0 Å². The van der Waals surface area contributed by atoms with Gasteiger partial charge in [-0.1, -0.05) is 0 Å². The van der Waals surface area contributed by atoms with Gasteiger partial charge in [0.05, 0.1) is 11.1 Å². The summed E-state index contributed by atoms with van der Waals surface area (Å²) in [5, 5.41) is 7.24. The first kappa shape index (κ1) is 15.3. The fraction of sp³-hybridized carbons (Fsp3) is 0.308. The van der Waals surface area contributed by atoms with E-state index in [0.29, 0.717) is 12.4 Å². The number of nitrogens with one attached hydrogen (secondary N) is 1. The van der Waals surface area contributed by atoms with Gasteiger partial charge in [-0.25, -0.2) is 12.7 Å². The van der Waals surface area contributed by atoms with E-state index < -0.39 is 10.0 Å². The van der Waals surface area contributed by atoms with E-state index in [-0.39, 0.29) is 4.90 Å². The van der Waals surface area contributed by atoms with E-state index in [2.05, 4.69) is 10.4 Å².